The zero-order valence-corrected chi connectivity index (χ0v) is 12.8. The van der Waals surface area contributed by atoms with E-state index in [1.54, 1.807) is 0 Å². The third kappa shape index (κ3) is 3.57. The van der Waals surface area contributed by atoms with Crippen LogP contribution in [0.4, 0.5) is 0 Å². The number of likely N-dealkylation sites (N-methyl/N-ethyl adjacent to an activating group) is 1. The van der Waals surface area contributed by atoms with Crippen LogP contribution < -0.4 is 5.32 Å². The Balaban J connectivity index is 2.02. The highest BCUT2D eigenvalue weighted by atomic mass is 15.3. The molecule has 0 saturated carbocycles. The Kier molecular flexibility index (Phi) is 4.99. The van der Waals surface area contributed by atoms with Gasteiger partial charge in [-0.1, -0.05) is 6.42 Å². The summed E-state index contributed by atoms with van der Waals surface area (Å²) >= 11 is 0. The second-order valence-electron chi connectivity index (χ2n) is 5.99. The van der Waals surface area contributed by atoms with E-state index in [1.165, 1.54) is 31.5 Å². The number of hydrogen-bond acceptors (Lipinski definition) is 3. The van der Waals surface area contributed by atoms with Gasteiger partial charge in [0.15, 0.2) is 0 Å². The van der Waals surface area contributed by atoms with E-state index in [2.05, 4.69) is 60.1 Å². The number of nitrogens with zero attached hydrogens (tertiary/aromatic N) is 3. The van der Waals surface area contributed by atoms with Crippen molar-refractivity contribution in [3.8, 4) is 0 Å². The van der Waals surface area contributed by atoms with Crippen molar-refractivity contribution >= 4 is 0 Å². The zero-order valence-electron chi connectivity index (χ0n) is 12.8. The van der Waals surface area contributed by atoms with Crippen LogP contribution in [0.5, 0.6) is 0 Å². The van der Waals surface area contributed by atoms with Gasteiger partial charge in [0, 0.05) is 30.9 Å². The minimum absolute atomic E-state index is 0.446. The zero-order chi connectivity index (χ0) is 13.8. The Bertz CT molecular complexity index is 385. The lowest BCUT2D eigenvalue weighted by Crippen LogP contribution is -2.49. The van der Waals surface area contributed by atoms with E-state index in [-0.39, 0.29) is 0 Å². The van der Waals surface area contributed by atoms with Crippen LogP contribution in [0.1, 0.15) is 51.8 Å². The highest BCUT2D eigenvalue weighted by molar-refractivity contribution is 5.01. The van der Waals surface area contributed by atoms with E-state index < -0.39 is 0 Å². The summed E-state index contributed by atoms with van der Waals surface area (Å²) in [7, 11) is 2.06. The normalized spacial score (nSPS) is 22.9. The van der Waals surface area contributed by atoms with Gasteiger partial charge < -0.3 is 5.32 Å². The van der Waals surface area contributed by atoms with Crippen molar-refractivity contribution in [2.75, 3.05) is 13.6 Å². The fraction of sp³-hybridized carbons (Fsp3) is 0.800. The third-order valence-corrected chi connectivity index (χ3v) is 4.25. The first-order chi connectivity index (χ1) is 9.11. The molecule has 0 amide bonds. The SMILES string of the molecule is CNC(C)C1CCCCN1Cc1ccn(C(C)C)n1. The average molecular weight is 264 g/mol. The van der Waals surface area contributed by atoms with Crippen LogP contribution >= 0.6 is 0 Å². The predicted molar refractivity (Wildman–Crippen MR) is 79.2 cm³/mol. The maximum absolute atomic E-state index is 4.68. The summed E-state index contributed by atoms with van der Waals surface area (Å²) in [6.45, 7) is 8.81. The average Bonchev–Trinajstić information content (AvgIpc) is 2.87. The molecular formula is C15H28N4. The first kappa shape index (κ1) is 14.5. The molecule has 0 aromatic carbocycles. The Morgan fingerprint density at radius 3 is 2.79 bits per heavy atom. The Hall–Kier alpha value is -0.870. The molecule has 2 unspecified atom stereocenters. The van der Waals surface area contributed by atoms with Gasteiger partial charge in [-0.3, -0.25) is 9.58 Å². The number of nitrogens with one attached hydrogen (secondary N) is 1. The van der Waals surface area contributed by atoms with E-state index in [0.29, 0.717) is 18.1 Å². The molecule has 0 radical (unpaired) electrons. The minimum atomic E-state index is 0.446. The topological polar surface area (TPSA) is 33.1 Å². The van der Waals surface area contributed by atoms with E-state index in [1.807, 2.05) is 0 Å². The number of likely N-dealkylation sites (tertiary alicyclic amines) is 1. The third-order valence-electron chi connectivity index (χ3n) is 4.25. The molecule has 0 aliphatic carbocycles. The Morgan fingerprint density at radius 1 is 1.37 bits per heavy atom. The molecule has 1 aromatic rings. The Morgan fingerprint density at radius 2 is 2.16 bits per heavy atom. The van der Waals surface area contributed by atoms with Crippen LogP contribution in [0.25, 0.3) is 0 Å². The number of piperidine rings is 1. The monoisotopic (exact) mass is 264 g/mol. The molecule has 108 valence electrons. The van der Waals surface area contributed by atoms with Gasteiger partial charge in [0.1, 0.15) is 0 Å². The summed E-state index contributed by atoms with van der Waals surface area (Å²) < 4.78 is 2.05. The summed E-state index contributed by atoms with van der Waals surface area (Å²) in [5, 5.41) is 8.08. The standard InChI is InChI=1S/C15H28N4/c1-12(2)19-10-8-14(17-19)11-18-9-6-5-7-15(18)13(3)16-4/h8,10,12-13,15-16H,5-7,9,11H2,1-4H3. The maximum atomic E-state index is 4.68. The molecule has 0 bridgehead atoms. The second kappa shape index (κ2) is 6.53. The number of hydrogen-bond donors (Lipinski definition) is 1. The smallest absolute Gasteiger partial charge is 0.0765 e. The summed E-state index contributed by atoms with van der Waals surface area (Å²) in [6.07, 6.45) is 6.07. The molecule has 4 nitrogen and oxygen atoms in total. The first-order valence-corrected chi connectivity index (χ1v) is 7.57. The lowest BCUT2D eigenvalue weighted by Gasteiger charge is -2.38. The molecular weight excluding hydrogens is 236 g/mol. The van der Waals surface area contributed by atoms with Crippen molar-refractivity contribution in [1.29, 1.82) is 0 Å². The highest BCUT2D eigenvalue weighted by Gasteiger charge is 2.26. The van der Waals surface area contributed by atoms with Gasteiger partial charge in [0.25, 0.3) is 0 Å². The summed E-state index contributed by atoms with van der Waals surface area (Å²) in [4.78, 5) is 2.59. The molecule has 1 aliphatic rings. The van der Waals surface area contributed by atoms with E-state index >= 15 is 0 Å². The van der Waals surface area contributed by atoms with Gasteiger partial charge in [-0.05, 0) is 53.3 Å². The second-order valence-corrected chi connectivity index (χ2v) is 5.99. The van der Waals surface area contributed by atoms with Gasteiger partial charge >= 0.3 is 0 Å². The van der Waals surface area contributed by atoms with Crippen LogP contribution in [0, 0.1) is 0 Å². The van der Waals surface area contributed by atoms with Gasteiger partial charge in [-0.25, -0.2) is 0 Å². The summed E-state index contributed by atoms with van der Waals surface area (Å²) in [5.74, 6) is 0. The molecule has 1 aliphatic heterocycles. The van der Waals surface area contributed by atoms with Crippen molar-refractivity contribution < 1.29 is 0 Å². The molecule has 0 spiro atoms. The lowest BCUT2D eigenvalue weighted by atomic mass is 9.96. The van der Waals surface area contributed by atoms with Crippen molar-refractivity contribution in [1.82, 2.24) is 20.0 Å². The van der Waals surface area contributed by atoms with Crippen LogP contribution in [0.2, 0.25) is 0 Å². The van der Waals surface area contributed by atoms with Crippen LogP contribution in [0.3, 0.4) is 0 Å². The molecule has 1 N–H and O–H groups in total. The van der Waals surface area contributed by atoms with Gasteiger partial charge in [-0.2, -0.15) is 5.10 Å². The largest absolute Gasteiger partial charge is 0.316 e. The molecule has 2 heterocycles. The van der Waals surface area contributed by atoms with Gasteiger partial charge in [0.05, 0.1) is 5.69 Å². The maximum Gasteiger partial charge on any atom is 0.0765 e. The molecule has 1 fully saturated rings. The van der Waals surface area contributed by atoms with Gasteiger partial charge in [0.2, 0.25) is 0 Å². The number of aromatic nitrogens is 2. The molecule has 19 heavy (non-hydrogen) atoms. The molecule has 4 heteroatoms. The van der Waals surface area contributed by atoms with Crippen LogP contribution in [-0.2, 0) is 6.54 Å². The fourth-order valence-electron chi connectivity index (χ4n) is 2.93. The molecule has 1 saturated heterocycles. The molecule has 1 aromatic heterocycles. The lowest BCUT2D eigenvalue weighted by molar-refractivity contribution is 0.112. The van der Waals surface area contributed by atoms with Crippen molar-refractivity contribution in [2.24, 2.45) is 0 Å². The van der Waals surface area contributed by atoms with Crippen molar-refractivity contribution in [3.63, 3.8) is 0 Å². The highest BCUT2D eigenvalue weighted by Crippen LogP contribution is 2.21. The fourth-order valence-corrected chi connectivity index (χ4v) is 2.93. The number of rotatable bonds is 5. The van der Waals surface area contributed by atoms with E-state index in [9.17, 15) is 0 Å². The van der Waals surface area contributed by atoms with E-state index in [4.69, 9.17) is 0 Å². The quantitative estimate of drug-likeness (QED) is 0.886. The molecule has 2 atom stereocenters. The van der Waals surface area contributed by atoms with Crippen LogP contribution in [0.15, 0.2) is 12.3 Å². The van der Waals surface area contributed by atoms with E-state index in [0.717, 1.165) is 6.54 Å². The van der Waals surface area contributed by atoms with Crippen LogP contribution in [-0.4, -0.2) is 40.4 Å². The minimum Gasteiger partial charge on any atom is -0.316 e. The summed E-state index contributed by atoms with van der Waals surface area (Å²) in [6, 6.07) is 3.80. The predicted octanol–water partition coefficient (Wildman–Crippen LogP) is 2.43. The van der Waals surface area contributed by atoms with Gasteiger partial charge in [-0.15, -0.1) is 0 Å². The summed E-state index contributed by atoms with van der Waals surface area (Å²) in [5.41, 5.74) is 1.20. The van der Waals surface area contributed by atoms with Crippen molar-refractivity contribution in [2.45, 2.75) is 64.7 Å². The van der Waals surface area contributed by atoms with Crippen molar-refractivity contribution in [3.05, 3.63) is 18.0 Å². The first-order valence-electron chi connectivity index (χ1n) is 7.57. The Labute approximate surface area is 117 Å². The molecule has 2 rings (SSSR count).